The molecule has 5 nitrogen and oxygen atoms in total. The smallest absolute Gasteiger partial charge is 0.326 e. The van der Waals surface area contributed by atoms with Crippen LogP contribution in [0.15, 0.2) is 53.3 Å². The lowest BCUT2D eigenvalue weighted by atomic mass is 10.0. The summed E-state index contributed by atoms with van der Waals surface area (Å²) in [6.07, 6.45) is 0. The lowest BCUT2D eigenvalue weighted by molar-refractivity contribution is -0.140. The third kappa shape index (κ3) is 2.54. The van der Waals surface area contributed by atoms with E-state index in [4.69, 9.17) is 5.73 Å². The number of aliphatic carboxylic acids is 1. The summed E-state index contributed by atoms with van der Waals surface area (Å²) in [6.45, 7) is 3.38. The molecule has 1 atom stereocenters. The minimum Gasteiger partial charge on any atom is -0.480 e. The number of rotatable bonds is 3. The third-order valence-corrected chi connectivity index (χ3v) is 4.25. The number of fused-ring (bicyclic) bond motifs is 1. The molecule has 122 valence electrons. The van der Waals surface area contributed by atoms with Crippen molar-refractivity contribution >= 4 is 22.6 Å². The van der Waals surface area contributed by atoms with Gasteiger partial charge in [-0.15, -0.1) is 0 Å². The molecule has 3 N–H and O–H groups in total. The van der Waals surface area contributed by atoms with E-state index in [2.05, 4.69) is 0 Å². The Morgan fingerprint density at radius 1 is 1.17 bits per heavy atom. The Hall–Kier alpha value is -3.08. The highest BCUT2D eigenvalue weighted by Gasteiger charge is 2.20. The number of benzene rings is 2. The van der Waals surface area contributed by atoms with Gasteiger partial charge in [-0.25, -0.2) is 4.79 Å². The van der Waals surface area contributed by atoms with Crippen molar-refractivity contribution in [2.75, 3.05) is 5.73 Å². The Morgan fingerprint density at radius 2 is 1.83 bits per heavy atom. The number of hydrogen-bond donors (Lipinski definition) is 2. The van der Waals surface area contributed by atoms with Crippen LogP contribution >= 0.6 is 0 Å². The van der Waals surface area contributed by atoms with Crippen LogP contribution in [0.4, 0.5) is 5.69 Å². The number of carbonyl (C=O) groups is 1. The van der Waals surface area contributed by atoms with Gasteiger partial charge in [0.25, 0.3) is 5.56 Å². The number of nitrogen functional groups attached to an aromatic ring is 1. The molecule has 0 fully saturated rings. The molecule has 0 aliphatic carbocycles. The molecule has 0 spiro atoms. The van der Waals surface area contributed by atoms with Crippen LogP contribution in [0.3, 0.4) is 0 Å². The molecule has 1 unspecified atom stereocenters. The number of anilines is 1. The van der Waals surface area contributed by atoms with Crippen LogP contribution in [-0.2, 0) is 4.79 Å². The highest BCUT2D eigenvalue weighted by Crippen LogP contribution is 2.26. The highest BCUT2D eigenvalue weighted by molar-refractivity contribution is 5.89. The molecule has 0 aliphatic heterocycles. The van der Waals surface area contributed by atoms with Crippen molar-refractivity contribution in [2.45, 2.75) is 19.9 Å². The van der Waals surface area contributed by atoms with Gasteiger partial charge in [0, 0.05) is 11.3 Å². The molecule has 0 radical (unpaired) electrons. The molecular formula is C19H18N2O3. The first kappa shape index (κ1) is 15.8. The fourth-order valence-corrected chi connectivity index (χ4v) is 2.84. The van der Waals surface area contributed by atoms with Gasteiger partial charge in [-0.3, -0.25) is 9.36 Å². The van der Waals surface area contributed by atoms with E-state index < -0.39 is 12.0 Å². The van der Waals surface area contributed by atoms with Crippen molar-refractivity contribution in [3.63, 3.8) is 0 Å². The number of pyridine rings is 1. The Bertz CT molecular complexity index is 991. The zero-order chi connectivity index (χ0) is 17.4. The average molecular weight is 322 g/mol. The molecule has 5 heteroatoms. The Morgan fingerprint density at radius 3 is 2.46 bits per heavy atom. The largest absolute Gasteiger partial charge is 0.480 e. The maximum Gasteiger partial charge on any atom is 0.326 e. The molecule has 24 heavy (non-hydrogen) atoms. The van der Waals surface area contributed by atoms with Gasteiger partial charge in [0.1, 0.15) is 6.04 Å². The number of aryl methyl sites for hydroxylation is 1. The van der Waals surface area contributed by atoms with Gasteiger partial charge < -0.3 is 10.8 Å². The first-order valence-electron chi connectivity index (χ1n) is 7.63. The SMILES string of the molecule is Cc1cc2cc(-c3ccccc3)c(=O)n(C(C)C(=O)O)c2cc1N. The van der Waals surface area contributed by atoms with E-state index >= 15 is 0 Å². The van der Waals surface area contributed by atoms with Crippen molar-refractivity contribution < 1.29 is 9.90 Å². The molecule has 1 heterocycles. The zero-order valence-electron chi connectivity index (χ0n) is 13.5. The summed E-state index contributed by atoms with van der Waals surface area (Å²) in [6, 6.07) is 13.6. The molecule has 2 aromatic carbocycles. The number of nitrogens with two attached hydrogens (primary N) is 1. The van der Waals surface area contributed by atoms with Crippen molar-refractivity contribution in [1.82, 2.24) is 4.57 Å². The van der Waals surface area contributed by atoms with E-state index in [9.17, 15) is 14.7 Å². The second-order valence-corrected chi connectivity index (χ2v) is 5.88. The summed E-state index contributed by atoms with van der Waals surface area (Å²) in [4.78, 5) is 24.5. The van der Waals surface area contributed by atoms with Crippen LogP contribution in [0.25, 0.3) is 22.0 Å². The zero-order valence-corrected chi connectivity index (χ0v) is 13.5. The van der Waals surface area contributed by atoms with E-state index in [1.165, 1.54) is 11.5 Å². The van der Waals surface area contributed by atoms with Crippen LogP contribution in [0.2, 0.25) is 0 Å². The minimum absolute atomic E-state index is 0.341. The summed E-state index contributed by atoms with van der Waals surface area (Å²) in [5.41, 5.74) is 8.79. The molecule has 0 saturated carbocycles. The predicted molar refractivity (Wildman–Crippen MR) is 95.1 cm³/mol. The maximum atomic E-state index is 13.0. The van der Waals surface area contributed by atoms with Crippen molar-refractivity contribution in [2.24, 2.45) is 0 Å². The average Bonchev–Trinajstić information content (AvgIpc) is 2.56. The summed E-state index contributed by atoms with van der Waals surface area (Å²) < 4.78 is 1.30. The molecular weight excluding hydrogens is 304 g/mol. The van der Waals surface area contributed by atoms with E-state index in [-0.39, 0.29) is 5.56 Å². The van der Waals surface area contributed by atoms with Gasteiger partial charge in [-0.05, 0) is 48.6 Å². The standard InChI is InChI=1S/C19H18N2O3/c1-11-8-14-9-15(13-6-4-3-5-7-13)18(22)21(12(2)19(23)24)17(14)10-16(11)20/h3-10,12H,20H2,1-2H3,(H,23,24). The molecule has 3 rings (SSSR count). The molecule has 0 bridgehead atoms. The molecule has 3 aromatic rings. The fraction of sp³-hybridized carbons (Fsp3) is 0.158. The van der Waals surface area contributed by atoms with Crippen LogP contribution in [0.1, 0.15) is 18.5 Å². The number of aromatic nitrogens is 1. The number of carboxylic acids is 1. The lowest BCUT2D eigenvalue weighted by Gasteiger charge is -2.17. The summed E-state index contributed by atoms with van der Waals surface area (Å²) in [7, 11) is 0. The molecule has 1 aromatic heterocycles. The van der Waals surface area contributed by atoms with Gasteiger partial charge in [0.05, 0.1) is 5.52 Å². The summed E-state index contributed by atoms with van der Waals surface area (Å²) in [5, 5.41) is 10.2. The third-order valence-electron chi connectivity index (χ3n) is 4.25. The first-order chi connectivity index (χ1) is 11.4. The Balaban J connectivity index is 2.44. The van der Waals surface area contributed by atoms with Crippen LogP contribution in [0.5, 0.6) is 0 Å². The van der Waals surface area contributed by atoms with Gasteiger partial charge in [0.2, 0.25) is 0 Å². The lowest BCUT2D eigenvalue weighted by Crippen LogP contribution is -2.29. The van der Waals surface area contributed by atoms with Crippen LogP contribution in [0, 0.1) is 6.92 Å². The molecule has 0 aliphatic rings. The van der Waals surface area contributed by atoms with Crippen molar-refractivity contribution in [3.8, 4) is 11.1 Å². The van der Waals surface area contributed by atoms with Gasteiger partial charge in [-0.2, -0.15) is 0 Å². The predicted octanol–water partition coefficient (Wildman–Crippen LogP) is 3.20. The maximum absolute atomic E-state index is 13.0. The quantitative estimate of drug-likeness (QED) is 0.725. The number of nitrogens with zero attached hydrogens (tertiary/aromatic N) is 1. The second-order valence-electron chi connectivity index (χ2n) is 5.88. The van der Waals surface area contributed by atoms with Gasteiger partial charge in [-0.1, -0.05) is 30.3 Å². The fourth-order valence-electron chi connectivity index (χ4n) is 2.84. The van der Waals surface area contributed by atoms with Crippen molar-refractivity contribution in [3.05, 3.63) is 64.4 Å². The second kappa shape index (κ2) is 5.85. The monoisotopic (exact) mass is 322 g/mol. The van der Waals surface area contributed by atoms with Crippen LogP contribution in [-0.4, -0.2) is 15.6 Å². The normalized spacial score (nSPS) is 12.2. The van der Waals surface area contributed by atoms with Gasteiger partial charge in [0.15, 0.2) is 0 Å². The minimum atomic E-state index is -1.07. The summed E-state index contributed by atoms with van der Waals surface area (Å²) >= 11 is 0. The van der Waals surface area contributed by atoms with E-state index in [1.807, 2.05) is 43.3 Å². The van der Waals surface area contributed by atoms with E-state index in [0.717, 1.165) is 16.5 Å². The Kier molecular flexibility index (Phi) is 3.85. The number of carboxylic acid groups (broad SMARTS) is 1. The van der Waals surface area contributed by atoms with Crippen LogP contribution < -0.4 is 11.3 Å². The Labute approximate surface area is 139 Å². The molecule has 0 saturated heterocycles. The van der Waals surface area contributed by atoms with Crippen molar-refractivity contribution in [1.29, 1.82) is 0 Å². The van der Waals surface area contributed by atoms with Gasteiger partial charge >= 0.3 is 5.97 Å². The number of hydrogen-bond acceptors (Lipinski definition) is 3. The summed E-state index contributed by atoms with van der Waals surface area (Å²) in [5.74, 6) is -1.07. The van der Waals surface area contributed by atoms with E-state index in [0.29, 0.717) is 16.8 Å². The highest BCUT2D eigenvalue weighted by atomic mass is 16.4. The topological polar surface area (TPSA) is 85.3 Å². The first-order valence-corrected chi connectivity index (χ1v) is 7.63. The van der Waals surface area contributed by atoms with E-state index in [1.54, 1.807) is 12.1 Å². The molecule has 0 amide bonds.